The first kappa shape index (κ1) is 22.4. The van der Waals surface area contributed by atoms with Crippen molar-refractivity contribution < 1.29 is 19.2 Å². The van der Waals surface area contributed by atoms with E-state index in [-0.39, 0.29) is 28.0 Å². The summed E-state index contributed by atoms with van der Waals surface area (Å²) in [5, 5.41) is 2.78. The van der Waals surface area contributed by atoms with Gasteiger partial charge in [-0.05, 0) is 73.6 Å². The lowest BCUT2D eigenvalue weighted by Crippen LogP contribution is -2.52. The summed E-state index contributed by atoms with van der Waals surface area (Å²) < 4.78 is 0. The third-order valence-electron chi connectivity index (χ3n) is 7.00. The van der Waals surface area contributed by atoms with E-state index < -0.39 is 41.9 Å². The molecule has 170 valence electrons. The van der Waals surface area contributed by atoms with Gasteiger partial charge in [-0.15, -0.1) is 0 Å². The predicted molar refractivity (Wildman–Crippen MR) is 123 cm³/mol. The van der Waals surface area contributed by atoms with Gasteiger partial charge in [0.05, 0.1) is 16.9 Å². The van der Waals surface area contributed by atoms with E-state index >= 15 is 0 Å². The van der Waals surface area contributed by atoms with Crippen LogP contribution in [-0.4, -0.2) is 40.1 Å². The molecular weight excluding hydrogens is 487 g/mol. The maximum absolute atomic E-state index is 13.5. The Kier molecular flexibility index (Phi) is 5.71. The lowest BCUT2D eigenvalue weighted by molar-refractivity contribution is -0.154. The van der Waals surface area contributed by atoms with Crippen molar-refractivity contribution >= 4 is 58.3 Å². The Morgan fingerprint density at radius 3 is 2.03 bits per heavy atom. The monoisotopic (exact) mass is 504 g/mol. The molecule has 0 aromatic heterocycles. The Labute approximate surface area is 205 Å². The van der Waals surface area contributed by atoms with Gasteiger partial charge < -0.3 is 0 Å². The van der Waals surface area contributed by atoms with Crippen LogP contribution in [0.2, 0.25) is 15.1 Å². The van der Waals surface area contributed by atoms with Gasteiger partial charge in [0.25, 0.3) is 17.7 Å². The summed E-state index contributed by atoms with van der Waals surface area (Å²) in [7, 11) is 0. The van der Waals surface area contributed by atoms with E-state index in [4.69, 9.17) is 34.8 Å². The summed E-state index contributed by atoms with van der Waals surface area (Å²) in [5.74, 6) is -2.52. The third-order valence-corrected chi connectivity index (χ3v) is 7.80. The molecule has 2 aliphatic carbocycles. The van der Waals surface area contributed by atoms with Crippen molar-refractivity contribution in [3.05, 3.63) is 68.7 Å². The van der Waals surface area contributed by atoms with Crippen molar-refractivity contribution in [3.63, 3.8) is 0 Å². The summed E-state index contributed by atoms with van der Waals surface area (Å²) >= 11 is 18.1. The Morgan fingerprint density at radius 2 is 1.45 bits per heavy atom. The van der Waals surface area contributed by atoms with Crippen molar-refractivity contribution in [2.24, 2.45) is 23.7 Å². The normalized spacial score (nSPS) is 25.5. The van der Waals surface area contributed by atoms with Crippen molar-refractivity contribution in [2.45, 2.75) is 19.3 Å². The van der Waals surface area contributed by atoms with Crippen molar-refractivity contribution in [1.29, 1.82) is 0 Å². The van der Waals surface area contributed by atoms with Gasteiger partial charge in [0, 0.05) is 21.2 Å². The van der Waals surface area contributed by atoms with Gasteiger partial charge in [-0.3, -0.25) is 19.2 Å². The minimum absolute atomic E-state index is 0.125. The molecular formula is C24H19Cl3N2O4. The van der Waals surface area contributed by atoms with Crippen LogP contribution in [0.15, 0.2) is 42.5 Å². The Hall–Kier alpha value is -2.41. The SMILES string of the molecule is O=C(CN(C(=O)c1ccc(Cl)cc1)N1C(=O)[C@@H]2[C@H]3CC[C@@H](C3)[C@@H]2C1=O)c1ccc(Cl)cc1Cl. The second kappa shape index (κ2) is 8.42. The number of halogens is 3. The number of carbonyl (C=O) groups excluding carboxylic acids is 4. The highest BCUT2D eigenvalue weighted by molar-refractivity contribution is 6.37. The fourth-order valence-corrected chi connectivity index (χ4v) is 6.18. The molecule has 2 bridgehead atoms. The molecule has 33 heavy (non-hydrogen) atoms. The summed E-state index contributed by atoms with van der Waals surface area (Å²) in [4.78, 5) is 53.4. The number of amides is 3. The van der Waals surface area contributed by atoms with Crippen molar-refractivity contribution in [3.8, 4) is 0 Å². The smallest absolute Gasteiger partial charge is 0.273 e. The second-order valence-corrected chi connectivity index (χ2v) is 10.1. The van der Waals surface area contributed by atoms with Crippen LogP contribution in [0.1, 0.15) is 40.0 Å². The Morgan fingerprint density at radius 1 is 0.879 bits per heavy atom. The minimum Gasteiger partial charge on any atom is -0.292 e. The van der Waals surface area contributed by atoms with Crippen LogP contribution in [0.3, 0.4) is 0 Å². The van der Waals surface area contributed by atoms with Crippen LogP contribution >= 0.6 is 34.8 Å². The number of fused-ring (bicyclic) bond motifs is 5. The molecule has 0 spiro atoms. The molecule has 1 aliphatic heterocycles. The number of benzene rings is 2. The van der Waals surface area contributed by atoms with Crippen LogP contribution in [0.25, 0.3) is 0 Å². The number of hydrogen-bond donors (Lipinski definition) is 0. The first-order valence-electron chi connectivity index (χ1n) is 10.7. The molecule has 0 radical (unpaired) electrons. The summed E-state index contributed by atoms with van der Waals surface area (Å²) in [6, 6.07) is 10.5. The zero-order valence-electron chi connectivity index (χ0n) is 17.3. The molecule has 0 unspecified atom stereocenters. The van der Waals surface area contributed by atoms with Crippen LogP contribution in [0, 0.1) is 23.7 Å². The van der Waals surface area contributed by atoms with E-state index in [2.05, 4.69) is 0 Å². The maximum atomic E-state index is 13.5. The van der Waals surface area contributed by atoms with Crippen LogP contribution in [-0.2, 0) is 9.59 Å². The molecule has 3 aliphatic rings. The van der Waals surface area contributed by atoms with Gasteiger partial charge in [0.15, 0.2) is 5.78 Å². The van der Waals surface area contributed by atoms with Crippen molar-refractivity contribution in [2.75, 3.05) is 6.54 Å². The zero-order valence-corrected chi connectivity index (χ0v) is 19.6. The molecule has 9 heteroatoms. The van der Waals surface area contributed by atoms with Gasteiger partial charge in [0.1, 0.15) is 6.54 Å². The molecule has 0 N–H and O–H groups in total. The molecule has 6 nitrogen and oxygen atoms in total. The van der Waals surface area contributed by atoms with E-state index in [0.717, 1.165) is 29.3 Å². The maximum Gasteiger partial charge on any atom is 0.273 e. The number of hydrogen-bond acceptors (Lipinski definition) is 4. The highest BCUT2D eigenvalue weighted by Crippen LogP contribution is 2.56. The molecule has 3 fully saturated rings. The van der Waals surface area contributed by atoms with Crippen molar-refractivity contribution in [1.82, 2.24) is 10.0 Å². The first-order valence-corrected chi connectivity index (χ1v) is 11.8. The third kappa shape index (κ3) is 3.74. The highest BCUT2D eigenvalue weighted by Gasteiger charge is 2.62. The molecule has 5 rings (SSSR count). The fraction of sp³-hybridized carbons (Fsp3) is 0.333. The molecule has 1 saturated heterocycles. The van der Waals surface area contributed by atoms with E-state index in [1.54, 1.807) is 0 Å². The number of hydrazine groups is 1. The molecule has 4 atom stereocenters. The summed E-state index contributed by atoms with van der Waals surface area (Å²) in [5.41, 5.74) is 0.351. The number of Topliss-reactive ketones (excluding diaryl/α,β-unsaturated/α-hetero) is 1. The quantitative estimate of drug-likeness (QED) is 0.427. The Balaban J connectivity index is 1.51. The number of carbonyl (C=O) groups is 4. The van der Waals surface area contributed by atoms with Crippen LogP contribution < -0.4 is 0 Å². The van der Waals surface area contributed by atoms with E-state index in [9.17, 15) is 19.2 Å². The lowest BCUT2D eigenvalue weighted by atomic mass is 9.81. The Bertz CT molecular complexity index is 1150. The summed E-state index contributed by atoms with van der Waals surface area (Å²) in [6.45, 7) is -0.519. The minimum atomic E-state index is -0.640. The molecule has 2 aromatic rings. The topological polar surface area (TPSA) is 74.8 Å². The predicted octanol–water partition coefficient (Wildman–Crippen LogP) is 4.92. The second-order valence-electron chi connectivity index (χ2n) is 8.79. The molecule has 2 saturated carbocycles. The highest BCUT2D eigenvalue weighted by atomic mass is 35.5. The van der Waals surface area contributed by atoms with Crippen LogP contribution in [0.5, 0.6) is 0 Å². The fourth-order valence-electron chi connectivity index (χ4n) is 5.54. The number of ketones is 1. The molecule has 2 aromatic carbocycles. The first-order chi connectivity index (χ1) is 15.8. The van der Waals surface area contributed by atoms with Gasteiger partial charge in [-0.25, -0.2) is 5.01 Å². The number of imide groups is 1. The van der Waals surface area contributed by atoms with Crippen LogP contribution in [0.4, 0.5) is 0 Å². The van der Waals surface area contributed by atoms with Gasteiger partial charge in [0.2, 0.25) is 0 Å². The largest absolute Gasteiger partial charge is 0.292 e. The van der Waals surface area contributed by atoms with Gasteiger partial charge in [-0.2, -0.15) is 5.01 Å². The molecule has 3 amide bonds. The summed E-state index contributed by atoms with van der Waals surface area (Å²) in [6.07, 6.45) is 2.68. The number of nitrogens with zero attached hydrogens (tertiary/aromatic N) is 2. The van der Waals surface area contributed by atoms with E-state index in [1.165, 1.54) is 42.5 Å². The lowest BCUT2D eigenvalue weighted by Gasteiger charge is -2.31. The van der Waals surface area contributed by atoms with Gasteiger partial charge in [-0.1, -0.05) is 34.8 Å². The zero-order chi connectivity index (χ0) is 23.4. The number of rotatable bonds is 5. The van der Waals surface area contributed by atoms with E-state index in [0.29, 0.717) is 10.0 Å². The van der Waals surface area contributed by atoms with Gasteiger partial charge >= 0.3 is 0 Å². The standard InChI is InChI=1S/C24H19Cl3N2O4/c25-15-5-3-12(4-6-15)22(31)28(11-19(30)17-8-7-16(26)10-18(17)27)29-23(32)20-13-1-2-14(9-13)21(20)24(29)33/h3-8,10,13-14,20-21H,1-2,9,11H2/t13-,14-,20-,21+/m0/s1. The molecule has 1 heterocycles. The average Bonchev–Trinajstić information content (AvgIpc) is 3.46. The average molecular weight is 506 g/mol. The van der Waals surface area contributed by atoms with E-state index in [1.807, 2.05) is 0 Å².